The van der Waals surface area contributed by atoms with Gasteiger partial charge in [-0.05, 0) is 34.5 Å². The molecule has 0 aliphatic rings. The number of hydrogen-bond donors (Lipinski definition) is 2. The van der Waals surface area contributed by atoms with Gasteiger partial charge in [0.05, 0.1) is 6.10 Å². The van der Waals surface area contributed by atoms with E-state index in [4.69, 9.17) is 0 Å². The molecule has 90 valence electrons. The molecule has 4 nitrogen and oxygen atoms in total. The molecule has 2 aromatic rings. The van der Waals surface area contributed by atoms with Gasteiger partial charge in [-0.1, -0.05) is 0 Å². The molecule has 0 aliphatic carbocycles. The molecule has 0 aromatic carbocycles. The molecule has 0 spiro atoms. The highest BCUT2D eigenvalue weighted by Gasteiger charge is 2.12. The van der Waals surface area contributed by atoms with E-state index in [0.717, 1.165) is 5.56 Å². The van der Waals surface area contributed by atoms with Gasteiger partial charge in [-0.25, -0.2) is 0 Å². The zero-order chi connectivity index (χ0) is 12.3. The second-order valence-electron chi connectivity index (χ2n) is 3.79. The summed E-state index contributed by atoms with van der Waals surface area (Å²) < 4.78 is 1.74. The number of thiophene rings is 1. The van der Waals surface area contributed by atoms with Crippen molar-refractivity contribution in [2.75, 3.05) is 6.54 Å². The third kappa shape index (κ3) is 2.75. The second-order valence-corrected chi connectivity index (χ2v) is 4.57. The number of hydrogen-bond acceptors (Lipinski definition) is 3. The highest BCUT2D eigenvalue weighted by molar-refractivity contribution is 7.07. The summed E-state index contributed by atoms with van der Waals surface area (Å²) in [4.78, 5) is 11.8. The maximum absolute atomic E-state index is 11.8. The summed E-state index contributed by atoms with van der Waals surface area (Å²) in [5.74, 6) is -0.174. The molecule has 17 heavy (non-hydrogen) atoms. The Hall–Kier alpha value is -1.59. The molecular formula is C12H14N2O2S. The smallest absolute Gasteiger partial charge is 0.267 e. The van der Waals surface area contributed by atoms with Gasteiger partial charge < -0.3 is 15.0 Å². The zero-order valence-electron chi connectivity index (χ0n) is 9.46. The maximum atomic E-state index is 11.8. The SMILES string of the molecule is Cn1cccc1C(=O)NC[C@H](O)c1ccsc1. The van der Waals surface area contributed by atoms with E-state index in [0.29, 0.717) is 5.69 Å². The van der Waals surface area contributed by atoms with Crippen molar-refractivity contribution in [2.45, 2.75) is 6.10 Å². The van der Waals surface area contributed by atoms with Crippen LogP contribution in [0.2, 0.25) is 0 Å². The average molecular weight is 250 g/mol. The lowest BCUT2D eigenvalue weighted by atomic mass is 10.2. The fourth-order valence-corrected chi connectivity index (χ4v) is 2.27. The van der Waals surface area contributed by atoms with Crippen LogP contribution in [-0.4, -0.2) is 22.1 Å². The molecule has 0 unspecified atom stereocenters. The standard InChI is InChI=1S/C12H14N2O2S/c1-14-5-2-3-10(14)12(16)13-7-11(15)9-4-6-17-8-9/h2-6,8,11,15H,7H2,1H3,(H,13,16)/t11-/m0/s1. The summed E-state index contributed by atoms with van der Waals surface area (Å²) in [6, 6.07) is 5.40. The minimum atomic E-state index is -0.648. The number of aromatic nitrogens is 1. The van der Waals surface area contributed by atoms with E-state index in [2.05, 4.69) is 5.32 Å². The fourth-order valence-electron chi connectivity index (χ4n) is 1.56. The van der Waals surface area contributed by atoms with Crippen LogP contribution in [0.15, 0.2) is 35.2 Å². The Morgan fingerprint density at radius 2 is 2.41 bits per heavy atom. The third-order valence-electron chi connectivity index (χ3n) is 2.56. The van der Waals surface area contributed by atoms with Crippen molar-refractivity contribution in [1.29, 1.82) is 0 Å². The van der Waals surface area contributed by atoms with E-state index in [-0.39, 0.29) is 12.5 Å². The van der Waals surface area contributed by atoms with Gasteiger partial charge in [-0.2, -0.15) is 11.3 Å². The monoisotopic (exact) mass is 250 g/mol. The molecular weight excluding hydrogens is 236 g/mol. The first-order valence-electron chi connectivity index (χ1n) is 5.28. The minimum Gasteiger partial charge on any atom is -0.387 e. The predicted molar refractivity (Wildman–Crippen MR) is 67.0 cm³/mol. The van der Waals surface area contributed by atoms with E-state index in [1.807, 2.05) is 36.1 Å². The molecule has 2 N–H and O–H groups in total. The van der Waals surface area contributed by atoms with Crippen LogP contribution < -0.4 is 5.32 Å². The Bertz CT molecular complexity index is 490. The van der Waals surface area contributed by atoms with Crippen LogP contribution in [0.5, 0.6) is 0 Å². The fraction of sp³-hybridized carbons (Fsp3) is 0.250. The number of nitrogens with zero attached hydrogens (tertiary/aromatic N) is 1. The van der Waals surface area contributed by atoms with Crippen LogP contribution in [0.4, 0.5) is 0 Å². The van der Waals surface area contributed by atoms with Crippen LogP contribution in [0.1, 0.15) is 22.2 Å². The van der Waals surface area contributed by atoms with E-state index in [1.165, 1.54) is 11.3 Å². The summed E-state index contributed by atoms with van der Waals surface area (Å²) in [6.45, 7) is 0.223. The first kappa shape index (κ1) is 11.9. The summed E-state index contributed by atoms with van der Waals surface area (Å²) in [7, 11) is 1.81. The van der Waals surface area contributed by atoms with Gasteiger partial charge in [-0.3, -0.25) is 4.79 Å². The zero-order valence-corrected chi connectivity index (χ0v) is 10.3. The largest absolute Gasteiger partial charge is 0.387 e. The Balaban J connectivity index is 1.91. The Kier molecular flexibility index (Phi) is 3.61. The normalized spacial score (nSPS) is 12.4. The quantitative estimate of drug-likeness (QED) is 0.865. The van der Waals surface area contributed by atoms with E-state index >= 15 is 0 Å². The molecule has 2 rings (SSSR count). The van der Waals surface area contributed by atoms with E-state index < -0.39 is 6.10 Å². The first-order chi connectivity index (χ1) is 8.18. The van der Waals surface area contributed by atoms with Crippen molar-refractivity contribution < 1.29 is 9.90 Å². The van der Waals surface area contributed by atoms with Crippen molar-refractivity contribution in [3.8, 4) is 0 Å². The summed E-state index contributed by atoms with van der Waals surface area (Å²) in [5, 5.41) is 16.3. The highest BCUT2D eigenvalue weighted by atomic mass is 32.1. The van der Waals surface area contributed by atoms with Crippen molar-refractivity contribution >= 4 is 17.2 Å². The van der Waals surface area contributed by atoms with Crippen molar-refractivity contribution in [2.24, 2.45) is 7.05 Å². The Morgan fingerprint density at radius 1 is 1.59 bits per heavy atom. The third-order valence-corrected chi connectivity index (χ3v) is 3.26. The molecule has 5 heteroatoms. The molecule has 0 saturated heterocycles. The number of carbonyl (C=O) groups is 1. The maximum Gasteiger partial charge on any atom is 0.267 e. The van der Waals surface area contributed by atoms with E-state index in [9.17, 15) is 9.90 Å². The summed E-state index contributed by atoms with van der Waals surface area (Å²) >= 11 is 1.53. The van der Waals surface area contributed by atoms with Gasteiger partial charge in [0, 0.05) is 19.8 Å². The first-order valence-corrected chi connectivity index (χ1v) is 6.22. The van der Waals surface area contributed by atoms with Gasteiger partial charge in [-0.15, -0.1) is 0 Å². The number of aliphatic hydroxyl groups is 1. The second kappa shape index (κ2) is 5.16. The van der Waals surface area contributed by atoms with Crippen molar-refractivity contribution in [3.05, 3.63) is 46.4 Å². The Labute approximate surface area is 104 Å². The van der Waals surface area contributed by atoms with Crippen molar-refractivity contribution in [1.82, 2.24) is 9.88 Å². The minimum absolute atomic E-state index is 0.174. The topological polar surface area (TPSA) is 54.3 Å². The summed E-state index contributed by atoms with van der Waals surface area (Å²) in [6.07, 6.45) is 1.16. The van der Waals surface area contributed by atoms with Crippen LogP contribution in [0.25, 0.3) is 0 Å². The lowest BCUT2D eigenvalue weighted by Crippen LogP contribution is -2.29. The van der Waals surface area contributed by atoms with Gasteiger partial charge in [0.15, 0.2) is 0 Å². The van der Waals surface area contributed by atoms with Crippen LogP contribution in [-0.2, 0) is 7.05 Å². The number of carbonyl (C=O) groups excluding carboxylic acids is 1. The molecule has 2 aromatic heterocycles. The molecule has 0 aliphatic heterocycles. The molecule has 0 bridgehead atoms. The molecule has 0 fully saturated rings. The molecule has 0 radical (unpaired) electrons. The number of nitrogens with one attached hydrogen (secondary N) is 1. The molecule has 0 saturated carbocycles. The van der Waals surface area contributed by atoms with Crippen LogP contribution in [0, 0.1) is 0 Å². The van der Waals surface area contributed by atoms with E-state index in [1.54, 1.807) is 10.6 Å². The lowest BCUT2D eigenvalue weighted by Gasteiger charge is -2.10. The number of rotatable bonds is 4. The molecule has 1 atom stereocenters. The predicted octanol–water partition coefficient (Wildman–Crippen LogP) is 1.55. The van der Waals surface area contributed by atoms with Gasteiger partial charge in [0.2, 0.25) is 0 Å². The van der Waals surface area contributed by atoms with Gasteiger partial charge in [0.1, 0.15) is 5.69 Å². The number of amides is 1. The van der Waals surface area contributed by atoms with Gasteiger partial charge in [0.25, 0.3) is 5.91 Å². The summed E-state index contributed by atoms with van der Waals surface area (Å²) in [5.41, 5.74) is 1.42. The van der Waals surface area contributed by atoms with Gasteiger partial charge >= 0.3 is 0 Å². The molecule has 1 amide bonds. The number of aryl methyl sites for hydroxylation is 1. The van der Waals surface area contributed by atoms with Crippen LogP contribution >= 0.6 is 11.3 Å². The lowest BCUT2D eigenvalue weighted by molar-refractivity contribution is 0.0908. The number of aliphatic hydroxyl groups excluding tert-OH is 1. The van der Waals surface area contributed by atoms with Crippen molar-refractivity contribution in [3.63, 3.8) is 0 Å². The molecule has 2 heterocycles. The Morgan fingerprint density at radius 3 is 3.00 bits per heavy atom. The average Bonchev–Trinajstić information content (AvgIpc) is 2.95. The van der Waals surface area contributed by atoms with Crippen LogP contribution in [0.3, 0.4) is 0 Å². The highest BCUT2D eigenvalue weighted by Crippen LogP contribution is 2.15.